The van der Waals surface area contributed by atoms with Crippen LogP contribution in [-0.2, 0) is 0 Å². The summed E-state index contributed by atoms with van der Waals surface area (Å²) in [4.78, 5) is 12.9. The minimum Gasteiger partial charge on any atom is -0.296 e. The van der Waals surface area contributed by atoms with Gasteiger partial charge in [0.15, 0.2) is 5.82 Å². The van der Waals surface area contributed by atoms with Gasteiger partial charge in [-0.05, 0) is 24.3 Å². The van der Waals surface area contributed by atoms with Gasteiger partial charge in [-0.25, -0.2) is 0 Å². The van der Waals surface area contributed by atoms with Gasteiger partial charge in [0.2, 0.25) is 10.1 Å². The van der Waals surface area contributed by atoms with Gasteiger partial charge in [-0.2, -0.15) is 4.52 Å². The van der Waals surface area contributed by atoms with Gasteiger partial charge in [-0.3, -0.25) is 10.1 Å². The van der Waals surface area contributed by atoms with Gasteiger partial charge in [0.1, 0.15) is 0 Å². The van der Waals surface area contributed by atoms with E-state index in [1.165, 1.54) is 11.3 Å². The summed E-state index contributed by atoms with van der Waals surface area (Å²) in [6.45, 7) is 0. The molecule has 0 unspecified atom stereocenters. The summed E-state index contributed by atoms with van der Waals surface area (Å²) in [7, 11) is 0. The van der Waals surface area contributed by atoms with Crippen LogP contribution in [0.15, 0.2) is 54.6 Å². The van der Waals surface area contributed by atoms with Crippen molar-refractivity contribution < 1.29 is 4.79 Å². The van der Waals surface area contributed by atoms with Crippen molar-refractivity contribution in [2.75, 3.05) is 5.32 Å². The maximum absolute atomic E-state index is 12.2. The zero-order valence-electron chi connectivity index (χ0n) is 12.2. The minimum atomic E-state index is -0.252. The van der Waals surface area contributed by atoms with Crippen LogP contribution in [0.25, 0.3) is 16.3 Å². The van der Waals surface area contributed by atoms with Crippen molar-refractivity contribution in [1.82, 2.24) is 19.8 Å². The minimum absolute atomic E-state index is 0.252. The van der Waals surface area contributed by atoms with E-state index in [1.807, 2.05) is 30.3 Å². The lowest BCUT2D eigenvalue weighted by atomic mass is 10.2. The van der Waals surface area contributed by atoms with Crippen LogP contribution in [0.4, 0.5) is 5.13 Å². The number of rotatable bonds is 3. The highest BCUT2D eigenvalue weighted by Gasteiger charge is 2.15. The maximum atomic E-state index is 12.2. The second-order valence-electron chi connectivity index (χ2n) is 4.95. The molecular formula is C16H10ClN5OS. The van der Waals surface area contributed by atoms with Crippen molar-refractivity contribution in [3.8, 4) is 11.4 Å². The van der Waals surface area contributed by atoms with E-state index in [4.69, 9.17) is 11.6 Å². The van der Waals surface area contributed by atoms with Gasteiger partial charge >= 0.3 is 0 Å². The van der Waals surface area contributed by atoms with Crippen LogP contribution < -0.4 is 5.32 Å². The van der Waals surface area contributed by atoms with E-state index in [-0.39, 0.29) is 5.91 Å². The van der Waals surface area contributed by atoms with Crippen LogP contribution in [0.2, 0.25) is 5.02 Å². The molecular weight excluding hydrogens is 346 g/mol. The summed E-state index contributed by atoms with van der Waals surface area (Å²) in [5.74, 6) is 0.381. The Balaban J connectivity index is 1.63. The molecule has 0 bridgehead atoms. The first-order valence-corrected chi connectivity index (χ1v) is 8.25. The van der Waals surface area contributed by atoms with E-state index in [9.17, 15) is 4.79 Å². The summed E-state index contributed by atoms with van der Waals surface area (Å²) < 4.78 is 1.62. The highest BCUT2D eigenvalue weighted by atomic mass is 35.5. The van der Waals surface area contributed by atoms with E-state index in [0.717, 1.165) is 5.56 Å². The number of halogens is 1. The fraction of sp³-hybridized carbons (Fsp3) is 0. The number of carbonyl (C=O) groups is 1. The van der Waals surface area contributed by atoms with E-state index in [0.29, 0.717) is 26.5 Å². The fourth-order valence-electron chi connectivity index (χ4n) is 2.21. The molecule has 2 aromatic carbocycles. The predicted octanol–water partition coefficient (Wildman–Crippen LogP) is 3.76. The Bertz CT molecular complexity index is 1010. The number of anilines is 1. The number of carbonyl (C=O) groups excluding carboxylic acids is 1. The highest BCUT2D eigenvalue weighted by Crippen LogP contribution is 2.24. The molecule has 0 saturated carbocycles. The van der Waals surface area contributed by atoms with Crippen molar-refractivity contribution in [1.29, 1.82) is 0 Å². The summed E-state index contributed by atoms with van der Waals surface area (Å²) >= 11 is 7.09. The van der Waals surface area contributed by atoms with E-state index in [2.05, 4.69) is 20.6 Å². The Labute approximate surface area is 145 Å². The third-order valence-electron chi connectivity index (χ3n) is 3.35. The molecule has 0 saturated heterocycles. The van der Waals surface area contributed by atoms with E-state index >= 15 is 0 Å². The molecule has 0 fully saturated rings. The van der Waals surface area contributed by atoms with Gasteiger partial charge in [-0.1, -0.05) is 53.3 Å². The normalized spacial score (nSPS) is 10.9. The van der Waals surface area contributed by atoms with Crippen LogP contribution in [0.3, 0.4) is 0 Å². The second kappa shape index (κ2) is 6.03. The lowest BCUT2D eigenvalue weighted by Gasteiger charge is -2.01. The zero-order chi connectivity index (χ0) is 16.5. The zero-order valence-corrected chi connectivity index (χ0v) is 13.8. The highest BCUT2D eigenvalue weighted by molar-refractivity contribution is 7.20. The summed E-state index contributed by atoms with van der Waals surface area (Å²) in [5, 5.41) is 16.4. The molecule has 0 aliphatic heterocycles. The summed E-state index contributed by atoms with van der Waals surface area (Å²) in [6, 6.07) is 16.3. The molecule has 0 radical (unpaired) electrons. The van der Waals surface area contributed by atoms with Gasteiger partial charge in [0.25, 0.3) is 5.91 Å². The standard InChI is InChI=1S/C16H10ClN5OS/c17-12-8-6-11(7-9-12)14(23)18-15-21-22-13(19-20-16(22)24-15)10-4-2-1-3-5-10/h1-9H,(H,18,21,23). The monoisotopic (exact) mass is 355 g/mol. The molecule has 0 atom stereocenters. The number of hydrogen-bond donors (Lipinski definition) is 1. The molecule has 1 N–H and O–H groups in total. The van der Waals surface area contributed by atoms with Crippen molar-refractivity contribution in [2.24, 2.45) is 0 Å². The molecule has 24 heavy (non-hydrogen) atoms. The van der Waals surface area contributed by atoms with Crippen molar-refractivity contribution in [3.05, 3.63) is 65.2 Å². The first-order valence-electron chi connectivity index (χ1n) is 7.05. The molecule has 1 amide bonds. The van der Waals surface area contributed by atoms with Crippen LogP contribution in [0, 0.1) is 0 Å². The molecule has 0 aliphatic carbocycles. The van der Waals surface area contributed by atoms with Gasteiger partial charge < -0.3 is 0 Å². The van der Waals surface area contributed by atoms with Gasteiger partial charge in [0, 0.05) is 16.1 Å². The quantitative estimate of drug-likeness (QED) is 0.607. The van der Waals surface area contributed by atoms with E-state index in [1.54, 1.807) is 28.8 Å². The maximum Gasteiger partial charge on any atom is 0.257 e. The summed E-state index contributed by atoms with van der Waals surface area (Å²) in [5.41, 5.74) is 1.42. The number of aromatic nitrogens is 4. The third-order valence-corrected chi connectivity index (χ3v) is 4.42. The Morgan fingerprint density at radius 3 is 2.54 bits per heavy atom. The first kappa shape index (κ1) is 14.8. The van der Waals surface area contributed by atoms with E-state index < -0.39 is 0 Å². The lowest BCUT2D eigenvalue weighted by Crippen LogP contribution is -2.11. The topological polar surface area (TPSA) is 72.2 Å². The van der Waals surface area contributed by atoms with Crippen molar-refractivity contribution in [3.63, 3.8) is 0 Å². The molecule has 2 heterocycles. The molecule has 8 heteroatoms. The SMILES string of the molecule is O=C(Nc1nn2c(-c3ccccc3)nnc2s1)c1ccc(Cl)cc1. The lowest BCUT2D eigenvalue weighted by molar-refractivity contribution is 0.102. The Hall–Kier alpha value is -2.77. The molecule has 0 spiro atoms. The average Bonchev–Trinajstić information content (AvgIpc) is 3.16. The third kappa shape index (κ3) is 2.75. The number of nitrogens with zero attached hydrogens (tertiary/aromatic N) is 4. The largest absolute Gasteiger partial charge is 0.296 e. The molecule has 4 rings (SSSR count). The number of benzene rings is 2. The fourth-order valence-corrected chi connectivity index (χ4v) is 3.07. The second-order valence-corrected chi connectivity index (χ2v) is 6.34. The van der Waals surface area contributed by atoms with Crippen LogP contribution in [0.1, 0.15) is 10.4 Å². The van der Waals surface area contributed by atoms with Gasteiger partial charge in [-0.15, -0.1) is 15.3 Å². The average molecular weight is 356 g/mol. The number of fused-ring (bicyclic) bond motifs is 1. The predicted molar refractivity (Wildman–Crippen MR) is 93.5 cm³/mol. The first-order chi connectivity index (χ1) is 11.7. The van der Waals surface area contributed by atoms with Crippen LogP contribution >= 0.6 is 22.9 Å². The molecule has 118 valence electrons. The van der Waals surface area contributed by atoms with Crippen LogP contribution in [-0.4, -0.2) is 25.7 Å². The number of hydrogen-bond acceptors (Lipinski definition) is 5. The Morgan fingerprint density at radius 2 is 1.79 bits per heavy atom. The Kier molecular flexibility index (Phi) is 3.72. The molecule has 2 aromatic heterocycles. The Morgan fingerprint density at radius 1 is 1.04 bits per heavy atom. The van der Waals surface area contributed by atoms with Crippen molar-refractivity contribution >= 4 is 38.9 Å². The van der Waals surface area contributed by atoms with Gasteiger partial charge in [0.05, 0.1) is 0 Å². The molecule has 4 aromatic rings. The smallest absolute Gasteiger partial charge is 0.257 e. The summed E-state index contributed by atoms with van der Waals surface area (Å²) in [6.07, 6.45) is 0. The number of nitrogens with one attached hydrogen (secondary N) is 1. The van der Waals surface area contributed by atoms with Crippen molar-refractivity contribution in [2.45, 2.75) is 0 Å². The number of amides is 1. The molecule has 0 aliphatic rings. The molecule has 6 nitrogen and oxygen atoms in total. The van der Waals surface area contributed by atoms with Crippen LogP contribution in [0.5, 0.6) is 0 Å².